The van der Waals surface area contributed by atoms with Crippen LogP contribution in [-0.2, 0) is 4.79 Å². The number of benzene rings is 1. The minimum absolute atomic E-state index is 0.0461. The minimum atomic E-state index is -1.05. The van der Waals surface area contributed by atoms with Crippen LogP contribution in [0.3, 0.4) is 0 Å². The zero-order chi connectivity index (χ0) is 14.0. The normalized spacial score (nSPS) is 18.7. The highest BCUT2D eigenvalue weighted by Gasteiger charge is 2.30. The molecule has 0 bridgehead atoms. The van der Waals surface area contributed by atoms with E-state index in [1.165, 1.54) is 19.2 Å². The number of anilines is 1. The van der Waals surface area contributed by atoms with Gasteiger partial charge in [0.25, 0.3) is 0 Å². The first-order chi connectivity index (χ1) is 9.05. The second-order valence-electron chi connectivity index (χ2n) is 4.45. The number of carboxylic acids is 1. The number of rotatable bonds is 4. The van der Waals surface area contributed by atoms with Crippen molar-refractivity contribution >= 4 is 29.2 Å². The molecule has 1 saturated heterocycles. The molecule has 1 aliphatic rings. The van der Waals surface area contributed by atoms with Gasteiger partial charge in [-0.3, -0.25) is 4.79 Å². The fourth-order valence-corrected chi connectivity index (χ4v) is 2.32. The van der Waals surface area contributed by atoms with Gasteiger partial charge in [0.15, 0.2) is 0 Å². The van der Waals surface area contributed by atoms with Crippen LogP contribution in [0.2, 0.25) is 0 Å². The van der Waals surface area contributed by atoms with Gasteiger partial charge in [0.2, 0.25) is 5.91 Å². The zero-order valence-electron chi connectivity index (χ0n) is 10.4. The Hall–Kier alpha value is -1.75. The molecule has 6 heteroatoms. The molecular weight excluding hydrogens is 270 g/mol. The summed E-state index contributed by atoms with van der Waals surface area (Å²) in [6.07, 6.45) is 0.392. The van der Waals surface area contributed by atoms with Gasteiger partial charge >= 0.3 is 5.97 Å². The van der Waals surface area contributed by atoms with Crippen molar-refractivity contribution in [2.24, 2.45) is 5.92 Å². The zero-order valence-corrected chi connectivity index (χ0v) is 11.2. The molecule has 1 aromatic carbocycles. The third kappa shape index (κ3) is 2.81. The van der Waals surface area contributed by atoms with E-state index in [1.54, 1.807) is 11.0 Å². The summed E-state index contributed by atoms with van der Waals surface area (Å²) in [6.45, 7) is 0.508. The Labute approximate surface area is 115 Å². The van der Waals surface area contributed by atoms with Gasteiger partial charge in [-0.25, -0.2) is 4.79 Å². The highest BCUT2D eigenvalue weighted by atomic mass is 35.5. The van der Waals surface area contributed by atoms with Crippen LogP contribution < -0.4 is 9.64 Å². The van der Waals surface area contributed by atoms with E-state index >= 15 is 0 Å². The van der Waals surface area contributed by atoms with Crippen LogP contribution in [0.1, 0.15) is 16.8 Å². The number of halogens is 1. The van der Waals surface area contributed by atoms with Crippen LogP contribution in [0.25, 0.3) is 0 Å². The fourth-order valence-electron chi connectivity index (χ4n) is 2.11. The predicted molar refractivity (Wildman–Crippen MR) is 71.1 cm³/mol. The third-order valence-electron chi connectivity index (χ3n) is 3.11. The van der Waals surface area contributed by atoms with Crippen LogP contribution in [0.5, 0.6) is 5.75 Å². The van der Waals surface area contributed by atoms with Crippen LogP contribution in [0, 0.1) is 5.92 Å². The maximum atomic E-state index is 11.9. The summed E-state index contributed by atoms with van der Waals surface area (Å²) < 4.78 is 5.07. The number of hydrogen-bond donors (Lipinski definition) is 1. The SMILES string of the molecule is COc1cc(C(=O)O)cc(N2CC(CCl)CC2=O)c1. The Morgan fingerprint density at radius 1 is 1.53 bits per heavy atom. The molecule has 19 heavy (non-hydrogen) atoms. The number of carbonyl (C=O) groups is 2. The van der Waals surface area contributed by atoms with E-state index < -0.39 is 5.97 Å². The molecule has 0 aliphatic carbocycles. The Morgan fingerprint density at radius 2 is 2.26 bits per heavy atom. The lowest BCUT2D eigenvalue weighted by Gasteiger charge is -2.18. The summed E-state index contributed by atoms with van der Waals surface area (Å²) >= 11 is 5.77. The van der Waals surface area contributed by atoms with Crippen LogP contribution >= 0.6 is 11.6 Å². The van der Waals surface area contributed by atoms with Crippen molar-refractivity contribution in [3.8, 4) is 5.75 Å². The van der Waals surface area contributed by atoms with Gasteiger partial charge in [-0.1, -0.05) is 0 Å². The standard InChI is InChI=1S/C13H14ClNO4/c1-19-11-4-9(13(17)18)3-10(5-11)15-7-8(6-14)2-12(15)16/h3-5,8H,2,6-7H2,1H3,(H,17,18). The molecule has 0 spiro atoms. The minimum Gasteiger partial charge on any atom is -0.497 e. The molecule has 1 heterocycles. The van der Waals surface area contributed by atoms with Crippen molar-refractivity contribution in [2.45, 2.75) is 6.42 Å². The van der Waals surface area contributed by atoms with Crippen molar-refractivity contribution in [1.29, 1.82) is 0 Å². The lowest BCUT2D eigenvalue weighted by Crippen LogP contribution is -2.25. The smallest absolute Gasteiger partial charge is 0.335 e. The number of carbonyl (C=O) groups excluding carboxylic acids is 1. The molecule has 1 fully saturated rings. The lowest BCUT2D eigenvalue weighted by atomic mass is 10.1. The maximum absolute atomic E-state index is 11.9. The quantitative estimate of drug-likeness (QED) is 0.858. The number of amides is 1. The summed E-state index contributed by atoms with van der Waals surface area (Å²) in [5.41, 5.74) is 0.630. The van der Waals surface area contributed by atoms with Gasteiger partial charge in [-0.15, -0.1) is 11.6 Å². The molecular formula is C13H14ClNO4. The average molecular weight is 284 g/mol. The largest absolute Gasteiger partial charge is 0.497 e. The van der Waals surface area contributed by atoms with Crippen LogP contribution in [0.15, 0.2) is 18.2 Å². The summed E-state index contributed by atoms with van der Waals surface area (Å²) in [6, 6.07) is 4.55. The molecule has 1 N–H and O–H groups in total. The van der Waals surface area contributed by atoms with E-state index in [4.69, 9.17) is 21.4 Å². The predicted octanol–water partition coefficient (Wildman–Crippen LogP) is 1.99. The summed E-state index contributed by atoms with van der Waals surface area (Å²) in [5.74, 6) is -0.167. The van der Waals surface area contributed by atoms with Crippen LogP contribution in [-0.4, -0.2) is 36.5 Å². The number of carboxylic acid groups (broad SMARTS) is 1. The Morgan fingerprint density at radius 3 is 2.79 bits per heavy atom. The van der Waals surface area contributed by atoms with E-state index in [-0.39, 0.29) is 17.4 Å². The molecule has 0 saturated carbocycles. The number of nitrogens with zero attached hydrogens (tertiary/aromatic N) is 1. The van der Waals surface area contributed by atoms with E-state index in [0.717, 1.165) is 0 Å². The van der Waals surface area contributed by atoms with E-state index in [2.05, 4.69) is 0 Å². The van der Waals surface area contributed by atoms with Gasteiger partial charge in [0.05, 0.1) is 12.7 Å². The molecule has 102 valence electrons. The molecule has 5 nitrogen and oxygen atoms in total. The molecule has 0 radical (unpaired) electrons. The first-order valence-electron chi connectivity index (χ1n) is 5.84. The second kappa shape index (κ2) is 5.48. The second-order valence-corrected chi connectivity index (χ2v) is 4.76. The summed E-state index contributed by atoms with van der Waals surface area (Å²) in [5, 5.41) is 9.06. The number of methoxy groups -OCH3 is 1. The summed E-state index contributed by atoms with van der Waals surface area (Å²) in [4.78, 5) is 24.5. The third-order valence-corrected chi connectivity index (χ3v) is 3.55. The highest BCUT2D eigenvalue weighted by molar-refractivity contribution is 6.18. The van der Waals surface area contributed by atoms with E-state index in [0.29, 0.717) is 30.3 Å². The highest BCUT2D eigenvalue weighted by Crippen LogP contribution is 2.29. The maximum Gasteiger partial charge on any atom is 0.335 e. The van der Waals surface area contributed by atoms with Gasteiger partial charge in [-0.2, -0.15) is 0 Å². The Bertz CT molecular complexity index is 517. The number of ether oxygens (including phenoxy) is 1. The summed E-state index contributed by atoms with van der Waals surface area (Å²) in [7, 11) is 1.46. The number of alkyl halides is 1. The van der Waals surface area contributed by atoms with Gasteiger partial charge in [0, 0.05) is 30.6 Å². The first-order valence-corrected chi connectivity index (χ1v) is 6.37. The number of hydrogen-bond acceptors (Lipinski definition) is 3. The molecule has 1 aromatic rings. The molecule has 1 unspecified atom stereocenters. The molecule has 1 amide bonds. The van der Waals surface area contributed by atoms with Gasteiger partial charge < -0.3 is 14.7 Å². The van der Waals surface area contributed by atoms with Crippen molar-refractivity contribution in [1.82, 2.24) is 0 Å². The van der Waals surface area contributed by atoms with Gasteiger partial charge in [0.1, 0.15) is 5.75 Å². The van der Waals surface area contributed by atoms with Crippen LogP contribution in [0.4, 0.5) is 5.69 Å². The molecule has 1 aliphatic heterocycles. The Balaban J connectivity index is 2.36. The monoisotopic (exact) mass is 283 g/mol. The topological polar surface area (TPSA) is 66.8 Å². The van der Waals surface area contributed by atoms with Crippen molar-refractivity contribution in [3.05, 3.63) is 23.8 Å². The van der Waals surface area contributed by atoms with Crippen molar-refractivity contribution in [2.75, 3.05) is 24.4 Å². The fraction of sp³-hybridized carbons (Fsp3) is 0.385. The first kappa shape index (κ1) is 13.7. The van der Waals surface area contributed by atoms with E-state index in [9.17, 15) is 9.59 Å². The van der Waals surface area contributed by atoms with Crippen molar-refractivity contribution in [3.63, 3.8) is 0 Å². The molecule has 2 rings (SSSR count). The molecule has 0 aromatic heterocycles. The Kier molecular flexibility index (Phi) is 3.95. The average Bonchev–Trinajstić information content (AvgIpc) is 2.79. The lowest BCUT2D eigenvalue weighted by molar-refractivity contribution is -0.117. The number of aromatic carboxylic acids is 1. The van der Waals surface area contributed by atoms with Crippen molar-refractivity contribution < 1.29 is 19.4 Å². The van der Waals surface area contributed by atoms with Gasteiger partial charge in [-0.05, 0) is 18.1 Å². The van der Waals surface area contributed by atoms with E-state index in [1.807, 2.05) is 0 Å². The molecule has 1 atom stereocenters.